The van der Waals surface area contributed by atoms with Crippen LogP contribution in [0.25, 0.3) is 0 Å². The quantitative estimate of drug-likeness (QED) is 0.578. The highest BCUT2D eigenvalue weighted by Crippen LogP contribution is 2.15. The highest BCUT2D eigenvalue weighted by Gasteiger charge is 2.34. The number of Topliss-reactive ketones (excluding diaryl/α,β-unsaturated/α-hetero) is 1. The summed E-state index contributed by atoms with van der Waals surface area (Å²) in [5.41, 5.74) is 0. The second-order valence-electron chi connectivity index (χ2n) is 1.94. The van der Waals surface area contributed by atoms with Gasteiger partial charge in [0.2, 0.25) is 5.06 Å². The van der Waals surface area contributed by atoms with Crippen molar-refractivity contribution in [2.24, 2.45) is 0 Å². The minimum atomic E-state index is -2.44. The van der Waals surface area contributed by atoms with Crippen molar-refractivity contribution >= 4 is 23.4 Å². The number of rotatable bonds is 3. The number of halogens is 1. The molecule has 1 unspecified atom stereocenters. The Bertz CT molecular complexity index is 163. The van der Waals surface area contributed by atoms with E-state index in [9.17, 15) is 9.59 Å². The van der Waals surface area contributed by atoms with Crippen LogP contribution in [0, 0.1) is 0 Å². The maximum Gasteiger partial charge on any atom is 0.352 e. The number of hydrogen-bond donors (Lipinski definition) is 2. The molecule has 0 aliphatic rings. The van der Waals surface area contributed by atoms with E-state index >= 15 is 0 Å². The van der Waals surface area contributed by atoms with Gasteiger partial charge in [0.1, 0.15) is 5.78 Å². The fraction of sp³-hybridized carbons (Fsp3) is 0.600. The van der Waals surface area contributed by atoms with E-state index in [-0.39, 0.29) is 0 Å². The first-order valence-corrected chi connectivity index (χ1v) is 2.88. The van der Waals surface area contributed by atoms with Crippen molar-refractivity contribution in [3.63, 3.8) is 0 Å². The van der Waals surface area contributed by atoms with E-state index in [4.69, 9.17) is 21.8 Å². The molecule has 0 amide bonds. The van der Waals surface area contributed by atoms with Crippen LogP contribution in [0.2, 0.25) is 0 Å². The molecule has 0 radical (unpaired) electrons. The Morgan fingerprint density at radius 3 is 2.10 bits per heavy atom. The summed E-state index contributed by atoms with van der Waals surface area (Å²) in [6, 6.07) is 0. The molecular formula is C5H7ClO4. The SMILES string of the molecule is CC(=O)CC(O)(Cl)C(=O)O. The molecule has 58 valence electrons. The molecule has 0 heterocycles. The summed E-state index contributed by atoms with van der Waals surface area (Å²) in [5.74, 6) is -2.08. The standard InChI is InChI=1S/C5H7ClO4/c1-3(7)2-5(6,10)4(8)9/h10H,2H2,1H3,(H,8,9). The van der Waals surface area contributed by atoms with Crippen LogP contribution < -0.4 is 0 Å². The lowest BCUT2D eigenvalue weighted by Crippen LogP contribution is -2.33. The largest absolute Gasteiger partial charge is 0.478 e. The van der Waals surface area contributed by atoms with E-state index in [1.165, 1.54) is 0 Å². The monoisotopic (exact) mass is 166 g/mol. The van der Waals surface area contributed by atoms with Crippen LogP contribution in [0.15, 0.2) is 0 Å². The van der Waals surface area contributed by atoms with Crippen LogP contribution in [0.1, 0.15) is 13.3 Å². The third kappa shape index (κ3) is 2.80. The van der Waals surface area contributed by atoms with Gasteiger partial charge in [0.15, 0.2) is 0 Å². The molecule has 0 aliphatic heterocycles. The third-order valence-electron chi connectivity index (χ3n) is 0.811. The maximum atomic E-state index is 10.3. The van der Waals surface area contributed by atoms with Gasteiger partial charge in [-0.05, 0) is 6.92 Å². The van der Waals surface area contributed by atoms with Gasteiger partial charge in [0.25, 0.3) is 0 Å². The van der Waals surface area contributed by atoms with Gasteiger partial charge in [-0.2, -0.15) is 0 Å². The first kappa shape index (κ1) is 9.39. The molecule has 0 rings (SSSR count). The zero-order valence-corrected chi connectivity index (χ0v) is 6.05. The van der Waals surface area contributed by atoms with E-state index in [1.54, 1.807) is 0 Å². The van der Waals surface area contributed by atoms with Gasteiger partial charge in [-0.1, -0.05) is 11.6 Å². The molecule has 0 bridgehead atoms. The molecule has 0 fully saturated rings. The van der Waals surface area contributed by atoms with Crippen molar-refractivity contribution in [2.75, 3.05) is 0 Å². The molecule has 0 saturated carbocycles. The van der Waals surface area contributed by atoms with E-state index in [1.807, 2.05) is 0 Å². The minimum Gasteiger partial charge on any atom is -0.478 e. The molecule has 0 spiro atoms. The minimum absolute atomic E-state index is 0.472. The topological polar surface area (TPSA) is 74.6 Å². The highest BCUT2D eigenvalue weighted by atomic mass is 35.5. The zero-order chi connectivity index (χ0) is 8.36. The molecular weight excluding hydrogens is 160 g/mol. The predicted octanol–water partition coefficient (Wildman–Crippen LogP) is -0.0225. The van der Waals surface area contributed by atoms with E-state index in [2.05, 4.69) is 0 Å². The van der Waals surface area contributed by atoms with Gasteiger partial charge in [-0.25, -0.2) is 4.79 Å². The Labute approximate surface area is 62.4 Å². The first-order chi connectivity index (χ1) is 4.36. The molecule has 0 aromatic rings. The molecule has 1 atom stereocenters. The summed E-state index contributed by atoms with van der Waals surface area (Å²) in [4.78, 5) is 20.3. The zero-order valence-electron chi connectivity index (χ0n) is 5.30. The smallest absolute Gasteiger partial charge is 0.352 e. The van der Waals surface area contributed by atoms with Crippen LogP contribution in [-0.4, -0.2) is 27.0 Å². The van der Waals surface area contributed by atoms with Crippen molar-refractivity contribution in [2.45, 2.75) is 18.4 Å². The number of alkyl halides is 1. The van der Waals surface area contributed by atoms with Gasteiger partial charge in [0, 0.05) is 0 Å². The summed E-state index contributed by atoms with van der Waals surface area (Å²) in [6.07, 6.45) is -0.579. The Kier molecular flexibility index (Phi) is 2.80. The normalized spacial score (nSPS) is 15.9. The summed E-state index contributed by atoms with van der Waals surface area (Å²) < 4.78 is 0. The first-order valence-electron chi connectivity index (χ1n) is 2.50. The van der Waals surface area contributed by atoms with E-state index in [0.29, 0.717) is 0 Å². The lowest BCUT2D eigenvalue weighted by molar-refractivity contribution is -0.152. The van der Waals surface area contributed by atoms with Gasteiger partial charge in [-0.15, -0.1) is 0 Å². The molecule has 2 N–H and O–H groups in total. The highest BCUT2D eigenvalue weighted by molar-refractivity contribution is 6.33. The van der Waals surface area contributed by atoms with E-state index < -0.39 is 23.2 Å². The number of carbonyl (C=O) groups is 2. The number of carboxylic acids is 1. The summed E-state index contributed by atoms with van der Waals surface area (Å²) >= 11 is 5.00. The lowest BCUT2D eigenvalue weighted by atomic mass is 10.2. The van der Waals surface area contributed by atoms with Crippen molar-refractivity contribution in [3.05, 3.63) is 0 Å². The molecule has 0 aromatic heterocycles. The van der Waals surface area contributed by atoms with Gasteiger partial charge >= 0.3 is 5.97 Å². The van der Waals surface area contributed by atoms with Crippen LogP contribution >= 0.6 is 11.6 Å². The summed E-state index contributed by atoms with van der Waals surface area (Å²) in [6.45, 7) is 1.15. The Hall–Kier alpha value is -0.610. The fourth-order valence-electron chi connectivity index (χ4n) is 0.406. The Morgan fingerprint density at radius 1 is 1.60 bits per heavy atom. The van der Waals surface area contributed by atoms with Crippen LogP contribution in [0.4, 0.5) is 0 Å². The lowest BCUT2D eigenvalue weighted by Gasteiger charge is -2.11. The molecule has 10 heavy (non-hydrogen) atoms. The van der Waals surface area contributed by atoms with Gasteiger partial charge in [0.05, 0.1) is 6.42 Å². The molecule has 0 aliphatic carbocycles. The van der Waals surface area contributed by atoms with Crippen molar-refractivity contribution in [1.29, 1.82) is 0 Å². The van der Waals surface area contributed by atoms with Crippen LogP contribution in [0.3, 0.4) is 0 Å². The van der Waals surface area contributed by atoms with Crippen molar-refractivity contribution in [3.8, 4) is 0 Å². The fourth-order valence-corrected chi connectivity index (χ4v) is 0.594. The number of hydrogen-bond acceptors (Lipinski definition) is 3. The molecule has 0 aromatic carbocycles. The summed E-state index contributed by atoms with van der Waals surface area (Å²) in [7, 11) is 0. The van der Waals surface area contributed by atoms with Gasteiger partial charge < -0.3 is 10.2 Å². The van der Waals surface area contributed by atoms with Crippen LogP contribution in [0.5, 0.6) is 0 Å². The number of ketones is 1. The number of aliphatic hydroxyl groups is 1. The average Bonchev–Trinajstić information content (AvgIpc) is 1.60. The summed E-state index contributed by atoms with van der Waals surface area (Å²) in [5, 5.41) is 14.4. The number of aliphatic carboxylic acids is 1. The van der Waals surface area contributed by atoms with Gasteiger partial charge in [-0.3, -0.25) is 4.79 Å². The van der Waals surface area contributed by atoms with E-state index in [0.717, 1.165) is 6.92 Å². The maximum absolute atomic E-state index is 10.3. The third-order valence-corrected chi connectivity index (χ3v) is 1.11. The molecule has 5 heteroatoms. The van der Waals surface area contributed by atoms with Crippen LogP contribution in [-0.2, 0) is 9.59 Å². The predicted molar refractivity (Wildman–Crippen MR) is 33.7 cm³/mol. The van der Waals surface area contributed by atoms with Crippen molar-refractivity contribution in [1.82, 2.24) is 0 Å². The Balaban J connectivity index is 4.13. The molecule has 4 nitrogen and oxygen atoms in total. The second kappa shape index (κ2) is 2.98. The number of carbonyl (C=O) groups excluding carboxylic acids is 1. The average molecular weight is 167 g/mol. The second-order valence-corrected chi connectivity index (χ2v) is 2.57. The van der Waals surface area contributed by atoms with Crippen molar-refractivity contribution < 1.29 is 19.8 Å². The Morgan fingerprint density at radius 2 is 2.00 bits per heavy atom. The molecule has 0 saturated heterocycles. The number of carboxylic acid groups (broad SMARTS) is 1.